The van der Waals surface area contributed by atoms with Gasteiger partial charge in [-0.25, -0.2) is 0 Å². The van der Waals surface area contributed by atoms with Gasteiger partial charge >= 0.3 is 0 Å². The van der Waals surface area contributed by atoms with Gasteiger partial charge in [0.1, 0.15) is 5.76 Å². The molecule has 0 aliphatic rings. The van der Waals surface area contributed by atoms with E-state index in [0.717, 1.165) is 25.3 Å². The number of aryl methyl sites for hydroxylation is 1. The molecule has 3 heteroatoms. The third kappa shape index (κ3) is 3.95. The molecule has 108 valence electrons. The van der Waals surface area contributed by atoms with Gasteiger partial charge in [0.2, 0.25) is 0 Å². The molecule has 0 saturated heterocycles. The van der Waals surface area contributed by atoms with E-state index in [0.29, 0.717) is 0 Å². The van der Waals surface area contributed by atoms with Crippen LogP contribution in [0.15, 0.2) is 47.1 Å². The van der Waals surface area contributed by atoms with Crippen LogP contribution < -0.4 is 5.32 Å². The molecule has 1 N–H and O–H groups in total. The van der Waals surface area contributed by atoms with Crippen LogP contribution in [0.3, 0.4) is 0 Å². The van der Waals surface area contributed by atoms with Crippen LogP contribution in [0.25, 0.3) is 0 Å². The number of furan rings is 1. The minimum Gasteiger partial charge on any atom is -0.468 e. The molecule has 1 heterocycles. The van der Waals surface area contributed by atoms with E-state index in [-0.39, 0.29) is 6.04 Å². The highest BCUT2D eigenvalue weighted by atomic mass is 16.3. The Balaban J connectivity index is 1.87. The summed E-state index contributed by atoms with van der Waals surface area (Å²) in [4.78, 5) is 2.17. The summed E-state index contributed by atoms with van der Waals surface area (Å²) < 4.78 is 5.51. The second kappa shape index (κ2) is 7.27. The van der Waals surface area contributed by atoms with Gasteiger partial charge in [-0.1, -0.05) is 31.2 Å². The van der Waals surface area contributed by atoms with Crippen molar-refractivity contribution in [1.29, 1.82) is 0 Å². The first-order valence-corrected chi connectivity index (χ1v) is 7.19. The average Bonchev–Trinajstić information content (AvgIpc) is 2.97. The lowest BCUT2D eigenvalue weighted by molar-refractivity contribution is 0.250. The van der Waals surface area contributed by atoms with Gasteiger partial charge in [-0.05, 0) is 43.8 Å². The van der Waals surface area contributed by atoms with E-state index < -0.39 is 0 Å². The smallest absolute Gasteiger partial charge is 0.122 e. The van der Waals surface area contributed by atoms with Crippen LogP contribution in [-0.2, 0) is 13.0 Å². The number of nitrogens with zero attached hydrogens (tertiary/aromatic N) is 1. The molecule has 1 atom stereocenters. The lowest BCUT2D eigenvalue weighted by Crippen LogP contribution is -2.30. The highest BCUT2D eigenvalue weighted by molar-refractivity contribution is 5.22. The van der Waals surface area contributed by atoms with Crippen molar-refractivity contribution in [3.05, 3.63) is 59.5 Å². The van der Waals surface area contributed by atoms with Gasteiger partial charge < -0.3 is 9.73 Å². The quantitative estimate of drug-likeness (QED) is 0.839. The first-order valence-electron chi connectivity index (χ1n) is 7.19. The summed E-state index contributed by atoms with van der Waals surface area (Å²) in [7, 11) is 4.15. The molecule has 1 unspecified atom stereocenters. The molecule has 0 saturated carbocycles. The van der Waals surface area contributed by atoms with Crippen molar-refractivity contribution in [3.8, 4) is 0 Å². The second-order valence-electron chi connectivity index (χ2n) is 5.30. The average molecular weight is 272 g/mol. The molecule has 20 heavy (non-hydrogen) atoms. The van der Waals surface area contributed by atoms with Crippen LogP contribution in [0.4, 0.5) is 0 Å². The number of benzene rings is 1. The highest BCUT2D eigenvalue weighted by Crippen LogP contribution is 2.17. The summed E-state index contributed by atoms with van der Waals surface area (Å²) in [5.41, 5.74) is 2.70. The van der Waals surface area contributed by atoms with Crippen molar-refractivity contribution in [2.75, 3.05) is 20.6 Å². The van der Waals surface area contributed by atoms with Crippen LogP contribution in [0.5, 0.6) is 0 Å². The normalized spacial score (nSPS) is 12.8. The molecule has 3 nitrogen and oxygen atoms in total. The van der Waals surface area contributed by atoms with Crippen LogP contribution in [-0.4, -0.2) is 25.5 Å². The fourth-order valence-corrected chi connectivity index (χ4v) is 2.26. The number of hydrogen-bond acceptors (Lipinski definition) is 3. The Kier molecular flexibility index (Phi) is 5.39. The fraction of sp³-hybridized carbons (Fsp3) is 0.412. The Bertz CT molecular complexity index is 488. The molecule has 0 bridgehead atoms. The zero-order valence-corrected chi connectivity index (χ0v) is 12.6. The SMILES string of the molecule is CCc1ccc(CNCC(c2ccco2)N(C)C)cc1. The first-order chi connectivity index (χ1) is 9.70. The number of likely N-dealkylation sites (N-methyl/N-ethyl adjacent to an activating group) is 1. The molecule has 0 amide bonds. The number of nitrogens with one attached hydrogen (secondary N) is 1. The maximum Gasteiger partial charge on any atom is 0.122 e. The summed E-state index contributed by atoms with van der Waals surface area (Å²) >= 11 is 0. The van der Waals surface area contributed by atoms with Crippen LogP contribution >= 0.6 is 0 Å². The molecule has 1 aromatic heterocycles. The topological polar surface area (TPSA) is 28.4 Å². The van der Waals surface area contributed by atoms with Crippen molar-refractivity contribution in [1.82, 2.24) is 10.2 Å². The molecule has 0 aliphatic heterocycles. The molecule has 0 aliphatic carbocycles. The van der Waals surface area contributed by atoms with E-state index in [4.69, 9.17) is 4.42 Å². The van der Waals surface area contributed by atoms with Gasteiger partial charge in [0.05, 0.1) is 12.3 Å². The van der Waals surface area contributed by atoms with E-state index in [9.17, 15) is 0 Å². The maximum atomic E-state index is 5.51. The zero-order chi connectivity index (χ0) is 14.4. The van der Waals surface area contributed by atoms with Gasteiger partial charge in [0.25, 0.3) is 0 Å². The van der Waals surface area contributed by atoms with Crippen molar-refractivity contribution < 1.29 is 4.42 Å². The summed E-state index contributed by atoms with van der Waals surface area (Å²) in [5.74, 6) is 1.00. The molecule has 0 fully saturated rings. The first kappa shape index (κ1) is 14.8. The Morgan fingerprint density at radius 1 is 1.10 bits per heavy atom. The van der Waals surface area contributed by atoms with E-state index in [1.54, 1.807) is 6.26 Å². The van der Waals surface area contributed by atoms with Crippen LogP contribution in [0, 0.1) is 0 Å². The van der Waals surface area contributed by atoms with Crippen molar-refractivity contribution in [2.24, 2.45) is 0 Å². The summed E-state index contributed by atoms with van der Waals surface area (Å²) in [6.45, 7) is 3.93. The predicted molar refractivity (Wildman–Crippen MR) is 82.7 cm³/mol. The largest absolute Gasteiger partial charge is 0.468 e. The third-order valence-electron chi connectivity index (χ3n) is 3.59. The Hall–Kier alpha value is -1.58. The molecule has 2 rings (SSSR count). The van der Waals surface area contributed by atoms with Gasteiger partial charge in [0.15, 0.2) is 0 Å². The Morgan fingerprint density at radius 2 is 1.80 bits per heavy atom. The Labute approximate surface area is 121 Å². The molecular formula is C17H24N2O. The van der Waals surface area contributed by atoms with Crippen LogP contribution in [0.1, 0.15) is 29.9 Å². The molecule has 2 aromatic rings. The van der Waals surface area contributed by atoms with Gasteiger partial charge in [-0.2, -0.15) is 0 Å². The van der Waals surface area contributed by atoms with E-state index in [2.05, 4.69) is 55.5 Å². The van der Waals surface area contributed by atoms with E-state index in [1.807, 2.05) is 12.1 Å². The van der Waals surface area contributed by atoms with E-state index >= 15 is 0 Å². The summed E-state index contributed by atoms with van der Waals surface area (Å²) in [6, 6.07) is 13.0. The predicted octanol–water partition coefficient (Wildman–Crippen LogP) is 3.23. The zero-order valence-electron chi connectivity index (χ0n) is 12.6. The van der Waals surface area contributed by atoms with Crippen molar-refractivity contribution in [2.45, 2.75) is 25.9 Å². The monoisotopic (exact) mass is 272 g/mol. The molecule has 0 spiro atoms. The Morgan fingerprint density at radius 3 is 2.35 bits per heavy atom. The minimum atomic E-state index is 0.264. The molecule has 0 radical (unpaired) electrons. The second-order valence-corrected chi connectivity index (χ2v) is 5.30. The van der Waals surface area contributed by atoms with Crippen LogP contribution in [0.2, 0.25) is 0 Å². The number of hydrogen-bond donors (Lipinski definition) is 1. The summed E-state index contributed by atoms with van der Waals surface area (Å²) in [6.07, 6.45) is 2.82. The van der Waals surface area contributed by atoms with Gasteiger partial charge in [-0.3, -0.25) is 4.90 Å². The maximum absolute atomic E-state index is 5.51. The lowest BCUT2D eigenvalue weighted by atomic mass is 10.1. The third-order valence-corrected chi connectivity index (χ3v) is 3.59. The fourth-order valence-electron chi connectivity index (χ4n) is 2.26. The van der Waals surface area contributed by atoms with Crippen molar-refractivity contribution >= 4 is 0 Å². The van der Waals surface area contributed by atoms with Crippen molar-refractivity contribution in [3.63, 3.8) is 0 Å². The van der Waals surface area contributed by atoms with Gasteiger partial charge in [-0.15, -0.1) is 0 Å². The minimum absolute atomic E-state index is 0.264. The van der Waals surface area contributed by atoms with E-state index in [1.165, 1.54) is 11.1 Å². The standard InChI is InChI=1S/C17H24N2O/c1-4-14-7-9-15(10-8-14)12-18-13-16(19(2)3)17-6-5-11-20-17/h5-11,16,18H,4,12-13H2,1-3H3. The highest BCUT2D eigenvalue weighted by Gasteiger charge is 2.15. The van der Waals surface area contributed by atoms with Gasteiger partial charge in [0, 0.05) is 13.1 Å². The number of rotatable bonds is 7. The molecular weight excluding hydrogens is 248 g/mol. The summed E-state index contributed by atoms with van der Waals surface area (Å²) in [5, 5.41) is 3.51. The molecule has 1 aromatic carbocycles. The lowest BCUT2D eigenvalue weighted by Gasteiger charge is -2.22.